The zero-order valence-electron chi connectivity index (χ0n) is 9.63. The molecule has 0 aliphatic carbocycles. The molecule has 0 fully saturated rings. The Labute approximate surface area is 104 Å². The van der Waals surface area contributed by atoms with Crippen molar-refractivity contribution in [2.75, 3.05) is 0 Å². The Balaban J connectivity index is 2.28. The highest BCUT2D eigenvalue weighted by Crippen LogP contribution is 2.24. The molecule has 5 nitrogen and oxygen atoms in total. The lowest BCUT2D eigenvalue weighted by molar-refractivity contribution is 0.276. The van der Waals surface area contributed by atoms with E-state index in [0.717, 1.165) is 0 Å². The quantitative estimate of drug-likeness (QED) is 0.562. The Hall–Kier alpha value is -2.40. The molecule has 0 unspecified atom stereocenters. The molecule has 0 aliphatic rings. The van der Waals surface area contributed by atoms with Gasteiger partial charge in [-0.05, 0) is 12.1 Å². The molecule has 0 saturated heterocycles. The van der Waals surface area contributed by atoms with E-state index in [4.69, 9.17) is 15.9 Å². The van der Waals surface area contributed by atoms with E-state index in [1.807, 2.05) is 12.1 Å². The number of aromatic nitrogens is 1. The summed E-state index contributed by atoms with van der Waals surface area (Å²) in [4.78, 5) is 4.04. The van der Waals surface area contributed by atoms with Crippen LogP contribution in [0.15, 0.2) is 42.6 Å². The van der Waals surface area contributed by atoms with Crippen molar-refractivity contribution >= 4 is 5.84 Å². The standard InChI is InChI=1S/C13H13N3O2/c14-13(15)9-5-6-16-12(7-9)18-11-4-2-1-3-10(11)8-17/h1-7,17H,8H2,(H3,14,15). The first kappa shape index (κ1) is 12.1. The molecule has 5 heteroatoms. The van der Waals surface area contributed by atoms with Crippen LogP contribution in [0.5, 0.6) is 11.6 Å². The van der Waals surface area contributed by atoms with Gasteiger partial charge in [0, 0.05) is 23.4 Å². The molecule has 0 amide bonds. The van der Waals surface area contributed by atoms with Crippen molar-refractivity contribution in [3.63, 3.8) is 0 Å². The van der Waals surface area contributed by atoms with Crippen LogP contribution in [0.25, 0.3) is 0 Å². The van der Waals surface area contributed by atoms with Gasteiger partial charge < -0.3 is 15.6 Å². The molecule has 0 radical (unpaired) electrons. The summed E-state index contributed by atoms with van der Waals surface area (Å²) in [6.07, 6.45) is 1.52. The molecule has 1 heterocycles. The number of nitrogens with two attached hydrogens (primary N) is 1. The first-order chi connectivity index (χ1) is 8.70. The molecular formula is C13H13N3O2. The number of pyridine rings is 1. The summed E-state index contributed by atoms with van der Waals surface area (Å²) in [6, 6.07) is 10.3. The molecule has 1 aromatic heterocycles. The van der Waals surface area contributed by atoms with Crippen LogP contribution in [0.1, 0.15) is 11.1 Å². The number of para-hydroxylation sites is 1. The molecule has 0 saturated carbocycles. The lowest BCUT2D eigenvalue weighted by Gasteiger charge is -2.09. The second-order valence-electron chi connectivity index (χ2n) is 3.66. The van der Waals surface area contributed by atoms with Crippen molar-refractivity contribution in [3.05, 3.63) is 53.7 Å². The number of nitrogens with zero attached hydrogens (tertiary/aromatic N) is 1. The summed E-state index contributed by atoms with van der Waals surface area (Å²) in [6.45, 7) is -0.109. The number of aliphatic hydroxyl groups is 1. The van der Waals surface area contributed by atoms with Gasteiger partial charge in [-0.2, -0.15) is 0 Å². The molecular weight excluding hydrogens is 230 g/mol. The second kappa shape index (κ2) is 5.29. The van der Waals surface area contributed by atoms with E-state index >= 15 is 0 Å². The second-order valence-corrected chi connectivity index (χ2v) is 3.66. The Kier molecular flexibility index (Phi) is 3.54. The van der Waals surface area contributed by atoms with Crippen molar-refractivity contribution in [1.82, 2.24) is 4.98 Å². The van der Waals surface area contributed by atoms with Crippen molar-refractivity contribution < 1.29 is 9.84 Å². The minimum absolute atomic E-state index is 0.0438. The number of nitrogen functional groups attached to an aromatic ring is 1. The number of hydrogen-bond acceptors (Lipinski definition) is 4. The van der Waals surface area contributed by atoms with E-state index in [0.29, 0.717) is 22.8 Å². The highest BCUT2D eigenvalue weighted by Gasteiger charge is 2.05. The minimum Gasteiger partial charge on any atom is -0.439 e. The number of nitrogens with one attached hydrogen (secondary N) is 1. The Bertz CT molecular complexity index is 570. The smallest absolute Gasteiger partial charge is 0.219 e. The number of rotatable bonds is 4. The predicted molar refractivity (Wildman–Crippen MR) is 67.7 cm³/mol. The fraction of sp³-hybridized carbons (Fsp3) is 0.0769. The van der Waals surface area contributed by atoms with Gasteiger partial charge in [-0.1, -0.05) is 18.2 Å². The lowest BCUT2D eigenvalue weighted by atomic mass is 10.2. The van der Waals surface area contributed by atoms with Crippen LogP contribution in [-0.2, 0) is 6.61 Å². The van der Waals surface area contributed by atoms with E-state index in [1.54, 1.807) is 24.3 Å². The Morgan fingerprint density at radius 1 is 1.33 bits per heavy atom. The molecule has 4 N–H and O–H groups in total. The molecule has 0 atom stereocenters. The SMILES string of the molecule is N=C(N)c1ccnc(Oc2ccccc2CO)c1. The van der Waals surface area contributed by atoms with E-state index < -0.39 is 0 Å². The summed E-state index contributed by atoms with van der Waals surface area (Å²) in [5.74, 6) is 0.828. The Morgan fingerprint density at radius 3 is 2.83 bits per heavy atom. The summed E-state index contributed by atoms with van der Waals surface area (Å²) in [5, 5.41) is 16.5. The van der Waals surface area contributed by atoms with E-state index in [1.165, 1.54) is 6.20 Å². The average molecular weight is 243 g/mol. The molecule has 18 heavy (non-hydrogen) atoms. The third-order valence-electron chi connectivity index (χ3n) is 2.40. The highest BCUT2D eigenvalue weighted by atomic mass is 16.5. The predicted octanol–water partition coefficient (Wildman–Crippen LogP) is 1.65. The maximum atomic E-state index is 9.18. The van der Waals surface area contributed by atoms with Gasteiger partial charge in [0.2, 0.25) is 5.88 Å². The van der Waals surface area contributed by atoms with Crippen molar-refractivity contribution in [2.45, 2.75) is 6.61 Å². The van der Waals surface area contributed by atoms with E-state index in [-0.39, 0.29) is 12.4 Å². The minimum atomic E-state index is -0.109. The topological polar surface area (TPSA) is 92.2 Å². The monoisotopic (exact) mass is 243 g/mol. The first-order valence-corrected chi connectivity index (χ1v) is 5.38. The third kappa shape index (κ3) is 2.64. The summed E-state index contributed by atoms with van der Waals surface area (Å²) in [7, 11) is 0. The lowest BCUT2D eigenvalue weighted by Crippen LogP contribution is -2.11. The van der Waals surface area contributed by atoms with Crippen LogP contribution < -0.4 is 10.5 Å². The van der Waals surface area contributed by atoms with Crippen LogP contribution in [0.3, 0.4) is 0 Å². The summed E-state index contributed by atoms with van der Waals surface area (Å²) in [5.41, 5.74) is 6.61. The zero-order chi connectivity index (χ0) is 13.0. The van der Waals surface area contributed by atoms with Gasteiger partial charge in [0.15, 0.2) is 0 Å². The van der Waals surface area contributed by atoms with Crippen LogP contribution in [0, 0.1) is 5.41 Å². The largest absolute Gasteiger partial charge is 0.439 e. The molecule has 2 aromatic rings. The zero-order valence-corrected chi connectivity index (χ0v) is 9.63. The van der Waals surface area contributed by atoms with Crippen molar-refractivity contribution in [2.24, 2.45) is 5.73 Å². The van der Waals surface area contributed by atoms with Gasteiger partial charge >= 0.3 is 0 Å². The van der Waals surface area contributed by atoms with Gasteiger partial charge in [0.25, 0.3) is 0 Å². The Morgan fingerprint density at radius 2 is 2.11 bits per heavy atom. The number of aliphatic hydroxyl groups excluding tert-OH is 1. The normalized spacial score (nSPS) is 10.1. The molecule has 2 rings (SSSR count). The van der Waals surface area contributed by atoms with Gasteiger partial charge in [0.05, 0.1) is 6.61 Å². The highest BCUT2D eigenvalue weighted by molar-refractivity contribution is 5.95. The van der Waals surface area contributed by atoms with Gasteiger partial charge in [0.1, 0.15) is 11.6 Å². The maximum absolute atomic E-state index is 9.18. The maximum Gasteiger partial charge on any atom is 0.219 e. The molecule has 0 aliphatic heterocycles. The van der Waals surface area contributed by atoms with Crippen molar-refractivity contribution in [1.29, 1.82) is 5.41 Å². The van der Waals surface area contributed by atoms with Crippen LogP contribution >= 0.6 is 0 Å². The molecule has 0 bridgehead atoms. The molecule has 92 valence electrons. The molecule has 0 spiro atoms. The van der Waals surface area contributed by atoms with Gasteiger partial charge in [-0.15, -0.1) is 0 Å². The van der Waals surface area contributed by atoms with Gasteiger partial charge in [-0.25, -0.2) is 4.98 Å². The number of ether oxygens (including phenoxy) is 1. The van der Waals surface area contributed by atoms with E-state index in [2.05, 4.69) is 4.98 Å². The average Bonchev–Trinajstić information content (AvgIpc) is 2.39. The van der Waals surface area contributed by atoms with Crippen LogP contribution in [0.2, 0.25) is 0 Å². The summed E-state index contributed by atoms with van der Waals surface area (Å²) >= 11 is 0. The van der Waals surface area contributed by atoms with E-state index in [9.17, 15) is 5.11 Å². The van der Waals surface area contributed by atoms with Crippen LogP contribution in [-0.4, -0.2) is 15.9 Å². The fourth-order valence-corrected chi connectivity index (χ4v) is 1.48. The molecule has 1 aromatic carbocycles. The third-order valence-corrected chi connectivity index (χ3v) is 2.40. The number of hydrogen-bond donors (Lipinski definition) is 3. The first-order valence-electron chi connectivity index (χ1n) is 5.38. The van der Waals surface area contributed by atoms with Gasteiger partial charge in [-0.3, -0.25) is 5.41 Å². The number of amidine groups is 1. The van der Waals surface area contributed by atoms with Crippen LogP contribution in [0.4, 0.5) is 0 Å². The fourth-order valence-electron chi connectivity index (χ4n) is 1.48. The van der Waals surface area contributed by atoms with Crippen molar-refractivity contribution in [3.8, 4) is 11.6 Å². The summed E-state index contributed by atoms with van der Waals surface area (Å²) < 4.78 is 5.57. The number of benzene rings is 1.